The Hall–Kier alpha value is -2.71. The third-order valence-corrected chi connectivity index (χ3v) is 7.08. The molecule has 4 rings (SSSR count). The van der Waals surface area contributed by atoms with Gasteiger partial charge in [-0.3, -0.25) is 4.79 Å². The minimum Gasteiger partial charge on any atom is -0.550 e. The number of aliphatic carboxylic acids is 1. The minimum absolute atomic E-state index is 0.285. The van der Waals surface area contributed by atoms with Gasteiger partial charge in [0.25, 0.3) is 0 Å². The summed E-state index contributed by atoms with van der Waals surface area (Å²) in [6.07, 6.45) is -0.0498. The lowest BCUT2D eigenvalue weighted by Gasteiger charge is -2.27. The second kappa shape index (κ2) is 8.67. The third kappa shape index (κ3) is 4.04. The van der Waals surface area contributed by atoms with Crippen molar-refractivity contribution in [3.8, 4) is 11.1 Å². The van der Waals surface area contributed by atoms with Gasteiger partial charge in [-0.1, -0.05) is 29.8 Å². The van der Waals surface area contributed by atoms with E-state index in [1.54, 1.807) is 13.8 Å². The fourth-order valence-corrected chi connectivity index (χ4v) is 5.74. The number of hydrogen-bond donors (Lipinski definition) is 1. The van der Waals surface area contributed by atoms with Gasteiger partial charge in [-0.05, 0) is 46.1 Å². The van der Waals surface area contributed by atoms with Crippen LogP contribution in [0.4, 0.5) is 5.00 Å². The first-order valence-corrected chi connectivity index (χ1v) is 11.6. The fraction of sp³-hybridized carbons (Fsp3) is 0.458. The predicted octanol–water partition coefficient (Wildman–Crippen LogP) is 3.08. The zero-order chi connectivity index (χ0) is 23.2. The highest BCUT2D eigenvalue weighted by atomic mass is 32.1. The van der Waals surface area contributed by atoms with Gasteiger partial charge < -0.3 is 24.7 Å². The molecule has 0 spiro atoms. The number of anilines is 1. The highest BCUT2D eigenvalue weighted by Gasteiger charge is 2.53. The molecule has 2 aliphatic heterocycles. The summed E-state index contributed by atoms with van der Waals surface area (Å²) in [6, 6.07) is 7.77. The molecule has 1 N–H and O–H groups in total. The van der Waals surface area contributed by atoms with Crippen LogP contribution in [0.15, 0.2) is 24.3 Å². The number of esters is 1. The van der Waals surface area contributed by atoms with Crippen LogP contribution in [0.25, 0.3) is 11.1 Å². The Morgan fingerprint density at radius 2 is 1.72 bits per heavy atom. The summed E-state index contributed by atoms with van der Waals surface area (Å²) in [5.74, 6) is -4.12. The van der Waals surface area contributed by atoms with Crippen molar-refractivity contribution in [2.24, 2.45) is 11.8 Å². The normalized spacial score (nSPS) is 24.0. The van der Waals surface area contributed by atoms with Crippen LogP contribution in [-0.4, -0.2) is 36.2 Å². The standard InChI is InChI=1S/C24H27NO6S/c1-11(2)30-24(29)20-17(14-7-5-12(3)6-8-14)13(4)32-22(20)25-21(26)18-15-9-10-16(31-15)19(18)23(27)28/h5-8,11,15-16,18-19H,9-10H2,1-4H3,(H,25,26)(H,27,28)/p-1/t15-,16+,18+,19-/m0/s1. The lowest BCUT2D eigenvalue weighted by Crippen LogP contribution is -2.46. The zero-order valence-corrected chi connectivity index (χ0v) is 19.3. The summed E-state index contributed by atoms with van der Waals surface area (Å²) in [6.45, 7) is 7.39. The Morgan fingerprint density at radius 3 is 2.31 bits per heavy atom. The number of ether oxygens (including phenoxy) is 2. The number of fused-ring (bicyclic) bond motifs is 2. The molecule has 2 saturated heterocycles. The molecule has 1 amide bonds. The number of rotatable bonds is 6. The molecule has 2 fully saturated rings. The molecule has 0 unspecified atom stereocenters. The van der Waals surface area contributed by atoms with Crippen molar-refractivity contribution >= 4 is 34.2 Å². The van der Waals surface area contributed by atoms with Gasteiger partial charge in [0.1, 0.15) is 10.6 Å². The van der Waals surface area contributed by atoms with E-state index in [-0.39, 0.29) is 11.7 Å². The largest absolute Gasteiger partial charge is 0.550 e. The van der Waals surface area contributed by atoms with Crippen molar-refractivity contribution in [2.75, 3.05) is 5.32 Å². The molecule has 2 bridgehead atoms. The molecule has 2 aliphatic rings. The summed E-state index contributed by atoms with van der Waals surface area (Å²) in [5, 5.41) is 14.9. The van der Waals surface area contributed by atoms with Gasteiger partial charge in [-0.15, -0.1) is 11.3 Å². The summed E-state index contributed by atoms with van der Waals surface area (Å²) in [4.78, 5) is 38.8. The van der Waals surface area contributed by atoms with Crippen LogP contribution < -0.4 is 10.4 Å². The smallest absolute Gasteiger partial charge is 0.342 e. The molecule has 32 heavy (non-hydrogen) atoms. The average Bonchev–Trinajstić information content (AvgIpc) is 3.41. The highest BCUT2D eigenvalue weighted by molar-refractivity contribution is 7.17. The molecular weight excluding hydrogens is 430 g/mol. The van der Waals surface area contributed by atoms with Gasteiger partial charge in [-0.2, -0.15) is 0 Å². The number of carbonyl (C=O) groups excluding carboxylic acids is 3. The number of hydrogen-bond acceptors (Lipinski definition) is 7. The Balaban J connectivity index is 1.71. The Bertz CT molecular complexity index is 1060. The Kier molecular flexibility index (Phi) is 6.09. The topological polar surface area (TPSA) is 105 Å². The number of thiophene rings is 1. The first kappa shape index (κ1) is 22.5. The number of carbonyl (C=O) groups is 3. The summed E-state index contributed by atoms with van der Waals surface area (Å²) in [7, 11) is 0. The number of amides is 1. The maximum atomic E-state index is 13.2. The van der Waals surface area contributed by atoms with Crippen molar-refractivity contribution in [2.45, 2.75) is 58.8 Å². The number of benzene rings is 1. The molecule has 0 saturated carbocycles. The van der Waals surface area contributed by atoms with Crippen molar-refractivity contribution < 1.29 is 29.0 Å². The Morgan fingerprint density at radius 1 is 1.09 bits per heavy atom. The molecule has 2 aromatic rings. The molecule has 3 heterocycles. The van der Waals surface area contributed by atoms with E-state index in [2.05, 4.69) is 5.32 Å². The number of nitrogens with one attached hydrogen (secondary N) is 1. The quantitative estimate of drug-likeness (QED) is 0.670. The van der Waals surface area contributed by atoms with Crippen molar-refractivity contribution in [1.82, 2.24) is 0 Å². The van der Waals surface area contributed by atoms with E-state index in [4.69, 9.17) is 9.47 Å². The van der Waals surface area contributed by atoms with Crippen LogP contribution in [0.5, 0.6) is 0 Å². The van der Waals surface area contributed by atoms with Gasteiger partial charge >= 0.3 is 5.97 Å². The molecule has 170 valence electrons. The van der Waals surface area contributed by atoms with E-state index in [0.717, 1.165) is 16.0 Å². The van der Waals surface area contributed by atoms with Crippen molar-refractivity contribution in [3.63, 3.8) is 0 Å². The van der Waals surface area contributed by atoms with Gasteiger partial charge in [0.2, 0.25) is 5.91 Å². The second-order valence-corrected chi connectivity index (χ2v) is 9.93. The van der Waals surface area contributed by atoms with Crippen LogP contribution in [0.2, 0.25) is 0 Å². The van der Waals surface area contributed by atoms with Crippen LogP contribution >= 0.6 is 11.3 Å². The minimum atomic E-state index is -1.28. The predicted molar refractivity (Wildman–Crippen MR) is 118 cm³/mol. The van der Waals surface area contributed by atoms with E-state index in [1.807, 2.05) is 38.1 Å². The van der Waals surface area contributed by atoms with Gasteiger partial charge in [0.05, 0.1) is 24.2 Å². The highest BCUT2D eigenvalue weighted by Crippen LogP contribution is 2.45. The van der Waals surface area contributed by atoms with Crippen LogP contribution in [0.3, 0.4) is 0 Å². The number of aryl methyl sites for hydroxylation is 2. The fourth-order valence-electron chi connectivity index (χ4n) is 4.67. The molecule has 8 heteroatoms. The molecule has 7 nitrogen and oxygen atoms in total. The van der Waals surface area contributed by atoms with Crippen LogP contribution in [0.1, 0.15) is 47.5 Å². The maximum Gasteiger partial charge on any atom is 0.342 e. The molecule has 0 aliphatic carbocycles. The SMILES string of the molecule is Cc1ccc(-c2c(C)sc(NC(=O)[C@H]3[C@@H](C(=O)[O-])[C@H]4CC[C@@H]3O4)c2C(=O)OC(C)C)cc1. The summed E-state index contributed by atoms with van der Waals surface area (Å²) < 4.78 is 11.2. The molecule has 1 aromatic heterocycles. The molecule has 4 atom stereocenters. The maximum absolute atomic E-state index is 13.2. The third-order valence-electron chi connectivity index (χ3n) is 6.06. The first-order chi connectivity index (χ1) is 15.2. The molecule has 1 aromatic carbocycles. The lowest BCUT2D eigenvalue weighted by atomic mass is 9.78. The van der Waals surface area contributed by atoms with Crippen molar-refractivity contribution in [3.05, 3.63) is 40.3 Å². The number of carboxylic acids is 1. The van der Waals surface area contributed by atoms with E-state index in [1.165, 1.54) is 11.3 Å². The monoisotopic (exact) mass is 456 g/mol. The number of carboxylic acid groups (broad SMARTS) is 1. The van der Waals surface area contributed by atoms with Gasteiger partial charge in [0, 0.05) is 22.3 Å². The summed E-state index contributed by atoms with van der Waals surface area (Å²) in [5.41, 5.74) is 2.92. The van der Waals surface area contributed by atoms with Crippen LogP contribution in [0, 0.1) is 25.7 Å². The molecular formula is C24H26NO6S-. The Labute approximate surface area is 190 Å². The lowest BCUT2D eigenvalue weighted by molar-refractivity contribution is -0.313. The first-order valence-electron chi connectivity index (χ1n) is 10.8. The van der Waals surface area contributed by atoms with E-state index >= 15 is 0 Å². The average molecular weight is 457 g/mol. The van der Waals surface area contributed by atoms with Crippen LogP contribution in [-0.2, 0) is 19.1 Å². The zero-order valence-electron chi connectivity index (χ0n) is 18.5. The molecule has 0 radical (unpaired) electrons. The van der Waals surface area contributed by atoms with E-state index in [0.29, 0.717) is 23.4 Å². The van der Waals surface area contributed by atoms with Gasteiger partial charge in [-0.25, -0.2) is 4.79 Å². The summed E-state index contributed by atoms with van der Waals surface area (Å²) >= 11 is 1.28. The van der Waals surface area contributed by atoms with E-state index in [9.17, 15) is 19.5 Å². The second-order valence-electron chi connectivity index (χ2n) is 8.71. The van der Waals surface area contributed by atoms with Gasteiger partial charge in [0.15, 0.2) is 0 Å². The van der Waals surface area contributed by atoms with E-state index < -0.39 is 41.9 Å². The van der Waals surface area contributed by atoms with Crippen molar-refractivity contribution in [1.29, 1.82) is 0 Å².